The fourth-order valence-electron chi connectivity index (χ4n) is 1.27. The van der Waals surface area contributed by atoms with Crippen LogP contribution in [0.5, 0.6) is 0 Å². The molecule has 0 saturated carbocycles. The van der Waals surface area contributed by atoms with Crippen molar-refractivity contribution in [3.05, 3.63) is 12.3 Å². The van der Waals surface area contributed by atoms with Crippen molar-refractivity contribution in [2.75, 3.05) is 7.11 Å². The van der Waals surface area contributed by atoms with E-state index < -0.39 is 12.4 Å². The average molecular weight is 158 g/mol. The third-order valence-electron chi connectivity index (χ3n) is 1.96. The van der Waals surface area contributed by atoms with Gasteiger partial charge in [-0.05, 0) is 0 Å². The van der Waals surface area contributed by atoms with Crippen molar-refractivity contribution >= 4 is 0 Å². The first-order chi connectivity index (χ1) is 5.24. The Morgan fingerprint density at radius 3 is 3.00 bits per heavy atom. The largest absolute Gasteiger partial charge is 0.464 e. The van der Waals surface area contributed by atoms with Gasteiger partial charge in [-0.2, -0.15) is 0 Å². The molecule has 2 heterocycles. The van der Waals surface area contributed by atoms with E-state index in [1.54, 1.807) is 0 Å². The predicted molar refractivity (Wildman–Crippen MR) is 35.7 cm³/mol. The summed E-state index contributed by atoms with van der Waals surface area (Å²) in [4.78, 5) is 0. The molecule has 4 atom stereocenters. The van der Waals surface area contributed by atoms with Crippen molar-refractivity contribution in [2.45, 2.75) is 24.6 Å². The van der Waals surface area contributed by atoms with E-state index in [1.165, 1.54) is 7.11 Å². The van der Waals surface area contributed by atoms with E-state index >= 15 is 0 Å². The summed E-state index contributed by atoms with van der Waals surface area (Å²) in [5.74, 6) is 0.548. The summed E-state index contributed by atoms with van der Waals surface area (Å²) in [6.45, 7) is 3.63. The molecule has 11 heavy (non-hydrogen) atoms. The first-order valence-corrected chi connectivity index (χ1v) is 3.46. The van der Waals surface area contributed by atoms with Gasteiger partial charge in [0.15, 0.2) is 0 Å². The van der Waals surface area contributed by atoms with Gasteiger partial charge >= 0.3 is 0 Å². The van der Waals surface area contributed by atoms with Gasteiger partial charge in [0.1, 0.15) is 24.1 Å². The standard InChI is InChI=1S/C7H10O4/c1-3-5-6(11-5)4(8)7(9-2)10-3/h4-8H,1H2,2H3. The third kappa shape index (κ3) is 0.946. The highest BCUT2D eigenvalue weighted by Crippen LogP contribution is 2.38. The highest BCUT2D eigenvalue weighted by molar-refractivity contribution is 5.13. The number of ether oxygens (including phenoxy) is 3. The lowest BCUT2D eigenvalue weighted by atomic mass is 10.1. The van der Waals surface area contributed by atoms with Gasteiger partial charge in [0.2, 0.25) is 6.29 Å². The monoisotopic (exact) mass is 158 g/mol. The molecule has 4 unspecified atom stereocenters. The molecule has 2 aliphatic rings. The number of fused-ring (bicyclic) bond motifs is 1. The Labute approximate surface area is 64.4 Å². The average Bonchev–Trinajstić information content (AvgIpc) is 2.75. The SMILES string of the molecule is C=C1OC(OC)C(O)C2OC12. The Balaban J connectivity index is 2.08. The molecule has 2 rings (SSSR count). The van der Waals surface area contributed by atoms with Gasteiger partial charge in [-0.15, -0.1) is 0 Å². The molecule has 0 aliphatic carbocycles. The van der Waals surface area contributed by atoms with Crippen LogP contribution in [0.25, 0.3) is 0 Å². The van der Waals surface area contributed by atoms with Crippen LogP contribution in [-0.2, 0) is 14.2 Å². The predicted octanol–water partition coefficient (Wildman–Crippen LogP) is -0.369. The van der Waals surface area contributed by atoms with Crippen LogP contribution in [0.2, 0.25) is 0 Å². The molecular weight excluding hydrogens is 148 g/mol. The summed E-state index contributed by atoms with van der Waals surface area (Å²) in [5, 5.41) is 9.38. The summed E-state index contributed by atoms with van der Waals surface area (Å²) in [6, 6.07) is 0. The van der Waals surface area contributed by atoms with Crippen LogP contribution in [0, 0.1) is 0 Å². The van der Waals surface area contributed by atoms with E-state index in [9.17, 15) is 5.11 Å². The molecule has 0 amide bonds. The minimum atomic E-state index is -0.685. The fraction of sp³-hybridized carbons (Fsp3) is 0.714. The number of methoxy groups -OCH3 is 1. The maximum absolute atomic E-state index is 9.38. The molecule has 2 aliphatic heterocycles. The van der Waals surface area contributed by atoms with Gasteiger partial charge in [0.05, 0.1) is 0 Å². The minimum absolute atomic E-state index is 0.114. The summed E-state index contributed by atoms with van der Waals surface area (Å²) >= 11 is 0. The maximum atomic E-state index is 9.38. The molecule has 0 aromatic rings. The van der Waals surface area contributed by atoms with E-state index in [0.29, 0.717) is 5.76 Å². The lowest BCUT2D eigenvalue weighted by Crippen LogP contribution is -2.40. The Bertz CT molecular complexity index is 191. The van der Waals surface area contributed by atoms with Gasteiger partial charge < -0.3 is 19.3 Å². The molecule has 62 valence electrons. The van der Waals surface area contributed by atoms with Gasteiger partial charge in [0, 0.05) is 7.11 Å². The van der Waals surface area contributed by atoms with Gasteiger partial charge in [-0.3, -0.25) is 0 Å². The zero-order valence-corrected chi connectivity index (χ0v) is 6.19. The molecule has 4 nitrogen and oxygen atoms in total. The van der Waals surface area contributed by atoms with Gasteiger partial charge in [-0.1, -0.05) is 6.58 Å². The second-order valence-corrected chi connectivity index (χ2v) is 2.70. The number of hydrogen-bond acceptors (Lipinski definition) is 4. The first-order valence-electron chi connectivity index (χ1n) is 3.46. The Kier molecular flexibility index (Phi) is 1.42. The Morgan fingerprint density at radius 1 is 1.64 bits per heavy atom. The Hall–Kier alpha value is -0.580. The van der Waals surface area contributed by atoms with Crippen LogP contribution < -0.4 is 0 Å². The topological polar surface area (TPSA) is 51.2 Å². The first kappa shape index (κ1) is 7.09. The van der Waals surface area contributed by atoms with E-state index in [0.717, 1.165) is 0 Å². The summed E-state index contributed by atoms with van der Waals surface area (Å²) in [7, 11) is 1.48. The van der Waals surface area contributed by atoms with Crippen LogP contribution in [0.4, 0.5) is 0 Å². The highest BCUT2D eigenvalue weighted by atomic mass is 16.7. The normalized spacial score (nSPS) is 48.0. The van der Waals surface area contributed by atoms with Gasteiger partial charge in [-0.25, -0.2) is 0 Å². The molecule has 0 aromatic heterocycles. The van der Waals surface area contributed by atoms with Crippen molar-refractivity contribution in [3.8, 4) is 0 Å². The molecule has 0 bridgehead atoms. The van der Waals surface area contributed by atoms with E-state index in [2.05, 4.69) is 6.58 Å². The lowest BCUT2D eigenvalue weighted by molar-refractivity contribution is -0.169. The lowest BCUT2D eigenvalue weighted by Gasteiger charge is -2.25. The van der Waals surface area contributed by atoms with Crippen molar-refractivity contribution in [2.24, 2.45) is 0 Å². The molecule has 4 heteroatoms. The second kappa shape index (κ2) is 2.20. The van der Waals surface area contributed by atoms with Gasteiger partial charge in [0.25, 0.3) is 0 Å². The molecule has 2 saturated heterocycles. The summed E-state index contributed by atoms with van der Waals surface area (Å²) in [6.07, 6.45) is -1.58. The van der Waals surface area contributed by atoms with Crippen molar-refractivity contribution in [1.82, 2.24) is 0 Å². The smallest absolute Gasteiger partial charge is 0.228 e. The van der Waals surface area contributed by atoms with Crippen LogP contribution in [0.3, 0.4) is 0 Å². The van der Waals surface area contributed by atoms with Crippen molar-refractivity contribution < 1.29 is 19.3 Å². The van der Waals surface area contributed by atoms with Crippen LogP contribution >= 0.6 is 0 Å². The zero-order chi connectivity index (χ0) is 8.01. The summed E-state index contributed by atoms with van der Waals surface area (Å²) in [5.41, 5.74) is 0. The quantitative estimate of drug-likeness (QED) is 0.529. The number of hydrogen-bond donors (Lipinski definition) is 1. The molecule has 2 fully saturated rings. The molecule has 0 spiro atoms. The molecular formula is C7H10O4. The third-order valence-corrected chi connectivity index (χ3v) is 1.96. The van der Waals surface area contributed by atoms with Crippen LogP contribution in [0.15, 0.2) is 12.3 Å². The summed E-state index contributed by atoms with van der Waals surface area (Å²) < 4.78 is 15.0. The number of epoxide rings is 1. The number of aliphatic hydroxyl groups is 1. The number of aliphatic hydroxyl groups excluding tert-OH is 1. The van der Waals surface area contributed by atoms with Crippen molar-refractivity contribution in [3.63, 3.8) is 0 Å². The van der Waals surface area contributed by atoms with Crippen LogP contribution in [0.1, 0.15) is 0 Å². The zero-order valence-electron chi connectivity index (χ0n) is 6.19. The van der Waals surface area contributed by atoms with E-state index in [4.69, 9.17) is 14.2 Å². The molecule has 0 aromatic carbocycles. The van der Waals surface area contributed by atoms with E-state index in [-0.39, 0.29) is 12.2 Å². The molecule has 1 N–H and O–H groups in total. The van der Waals surface area contributed by atoms with Crippen molar-refractivity contribution in [1.29, 1.82) is 0 Å². The van der Waals surface area contributed by atoms with E-state index in [1.807, 2.05) is 0 Å². The minimum Gasteiger partial charge on any atom is -0.464 e. The molecule has 0 radical (unpaired) electrons. The maximum Gasteiger partial charge on any atom is 0.228 e. The second-order valence-electron chi connectivity index (χ2n) is 2.70. The Morgan fingerprint density at radius 2 is 2.36 bits per heavy atom. The van der Waals surface area contributed by atoms with Crippen LogP contribution in [-0.4, -0.2) is 36.8 Å². The highest BCUT2D eigenvalue weighted by Gasteiger charge is 2.55. The number of rotatable bonds is 1. The fourth-order valence-corrected chi connectivity index (χ4v) is 1.27.